The van der Waals surface area contributed by atoms with Gasteiger partial charge >= 0.3 is 6.09 Å². The molecule has 0 saturated carbocycles. The maximum Gasteiger partial charge on any atom is 0.410 e. The van der Waals surface area contributed by atoms with Gasteiger partial charge in [-0.1, -0.05) is 30.3 Å². The van der Waals surface area contributed by atoms with Gasteiger partial charge in [-0.25, -0.2) is 4.79 Å². The third kappa shape index (κ3) is 5.76. The van der Waals surface area contributed by atoms with E-state index in [9.17, 15) is 4.79 Å². The molecule has 0 unspecified atom stereocenters. The number of benzene rings is 1. The Bertz CT molecular complexity index is 760. The van der Waals surface area contributed by atoms with Gasteiger partial charge in [-0.15, -0.1) is 0 Å². The predicted molar refractivity (Wildman–Crippen MR) is 117 cm³/mol. The van der Waals surface area contributed by atoms with E-state index in [0.29, 0.717) is 6.61 Å². The van der Waals surface area contributed by atoms with Crippen LogP contribution in [0.4, 0.5) is 4.79 Å². The van der Waals surface area contributed by atoms with Gasteiger partial charge in [-0.3, -0.25) is 4.99 Å². The Morgan fingerprint density at radius 3 is 2.69 bits per heavy atom. The smallest absolute Gasteiger partial charge is 0.410 e. The second-order valence-corrected chi connectivity index (χ2v) is 7.40. The molecule has 1 aliphatic rings. The Labute approximate surface area is 173 Å². The van der Waals surface area contributed by atoms with Gasteiger partial charge in [0, 0.05) is 51.5 Å². The molecule has 158 valence electrons. The lowest BCUT2D eigenvalue weighted by atomic mass is 9.84. The van der Waals surface area contributed by atoms with Crippen LogP contribution in [0.3, 0.4) is 0 Å². The summed E-state index contributed by atoms with van der Waals surface area (Å²) in [4.78, 5) is 20.8. The Morgan fingerprint density at radius 2 is 2.14 bits per heavy atom. The fourth-order valence-electron chi connectivity index (χ4n) is 3.39. The van der Waals surface area contributed by atoms with Crippen LogP contribution in [0.25, 0.3) is 0 Å². The molecule has 7 nitrogen and oxygen atoms in total. The average Bonchev–Trinajstić information content (AvgIpc) is 2.73. The summed E-state index contributed by atoms with van der Waals surface area (Å²) >= 11 is 0. The molecule has 1 fully saturated rings. The third-order valence-corrected chi connectivity index (χ3v) is 5.38. The van der Waals surface area contributed by atoms with Gasteiger partial charge in [0.25, 0.3) is 0 Å². The molecule has 0 aromatic heterocycles. The summed E-state index contributed by atoms with van der Waals surface area (Å²) in [6.07, 6.45) is 6.77. The number of hydrogen-bond acceptors (Lipinski definition) is 5. The fourth-order valence-corrected chi connectivity index (χ4v) is 3.39. The summed E-state index contributed by atoms with van der Waals surface area (Å²) in [6, 6.07) is 9.73. The highest BCUT2D eigenvalue weighted by Gasteiger charge is 2.44. The second kappa shape index (κ2) is 10.5. The standard InChI is InChI=1S/C22H33N5O2/c1-22(11-14-26(4)20(25-3)19(16-23)10-13-24-2)12-15-27(22)21(28)29-17-18-8-6-5-7-9-18/h5-10,13,16,24H,11-12,14-15,17,23H2,1-4H3/b13-10-,19-16-,25-20+/t22-/m1/s1. The molecule has 3 N–H and O–H groups in total. The quantitative estimate of drug-likeness (QED) is 0.399. The molecule has 2 rings (SSSR count). The summed E-state index contributed by atoms with van der Waals surface area (Å²) in [5, 5.41) is 2.96. The van der Waals surface area contributed by atoms with Crippen molar-refractivity contribution < 1.29 is 9.53 Å². The van der Waals surface area contributed by atoms with Crippen molar-refractivity contribution in [3.8, 4) is 0 Å². The van der Waals surface area contributed by atoms with Crippen LogP contribution < -0.4 is 11.1 Å². The first-order valence-electron chi connectivity index (χ1n) is 9.87. The summed E-state index contributed by atoms with van der Waals surface area (Å²) in [5.74, 6) is 0.806. The number of amides is 1. The first kappa shape index (κ1) is 22.3. The molecular weight excluding hydrogens is 366 g/mol. The molecule has 1 heterocycles. The topological polar surface area (TPSA) is 83.2 Å². The number of rotatable bonds is 8. The maximum atomic E-state index is 12.5. The number of hydrogen-bond donors (Lipinski definition) is 2. The molecule has 0 aliphatic carbocycles. The molecule has 29 heavy (non-hydrogen) atoms. The van der Waals surface area contributed by atoms with Crippen molar-refractivity contribution in [3.63, 3.8) is 0 Å². The van der Waals surface area contributed by atoms with Gasteiger partial charge in [0.05, 0.1) is 0 Å². The second-order valence-electron chi connectivity index (χ2n) is 7.40. The normalized spacial score (nSPS) is 19.8. The molecule has 1 aromatic carbocycles. The fraction of sp³-hybridized carbons (Fsp3) is 0.455. The van der Waals surface area contributed by atoms with Crippen LogP contribution in [-0.4, -0.2) is 61.5 Å². The van der Waals surface area contributed by atoms with Crippen molar-refractivity contribution in [2.45, 2.75) is 31.9 Å². The molecule has 1 saturated heterocycles. The number of likely N-dealkylation sites (N-methyl/N-ethyl adjacent to an activating group) is 1. The minimum atomic E-state index is -0.255. The van der Waals surface area contributed by atoms with Crippen LogP contribution in [0.2, 0.25) is 0 Å². The van der Waals surface area contributed by atoms with Crippen molar-refractivity contribution in [2.24, 2.45) is 10.7 Å². The van der Waals surface area contributed by atoms with Crippen LogP contribution in [0, 0.1) is 0 Å². The van der Waals surface area contributed by atoms with Gasteiger partial charge < -0.3 is 25.6 Å². The zero-order chi connectivity index (χ0) is 21.3. The average molecular weight is 400 g/mol. The van der Waals surface area contributed by atoms with E-state index in [0.717, 1.165) is 42.9 Å². The molecule has 0 radical (unpaired) electrons. The third-order valence-electron chi connectivity index (χ3n) is 5.38. The molecule has 1 aromatic rings. The Hall–Kier alpha value is -2.96. The highest BCUT2D eigenvalue weighted by atomic mass is 16.6. The first-order valence-corrected chi connectivity index (χ1v) is 9.87. The summed E-state index contributed by atoms with van der Waals surface area (Å²) in [5.41, 5.74) is 7.38. The van der Waals surface area contributed by atoms with Crippen LogP contribution >= 0.6 is 0 Å². The van der Waals surface area contributed by atoms with E-state index in [1.54, 1.807) is 13.2 Å². The Balaban J connectivity index is 1.91. The lowest BCUT2D eigenvalue weighted by molar-refractivity contribution is -0.0131. The SMILES string of the molecule is C\N=C(C(/C=C\NC)=C\N)\N(C)CC[C@]1(C)CCN1C(=O)OCc1ccccc1. The van der Waals surface area contributed by atoms with Crippen molar-refractivity contribution in [1.29, 1.82) is 0 Å². The van der Waals surface area contributed by atoms with E-state index >= 15 is 0 Å². The van der Waals surface area contributed by atoms with E-state index in [-0.39, 0.29) is 11.6 Å². The number of likely N-dealkylation sites (tertiary alicyclic amines) is 1. The van der Waals surface area contributed by atoms with Crippen molar-refractivity contribution in [1.82, 2.24) is 15.1 Å². The minimum absolute atomic E-state index is 0.214. The number of nitrogens with one attached hydrogen (secondary N) is 1. The zero-order valence-corrected chi connectivity index (χ0v) is 17.9. The van der Waals surface area contributed by atoms with Gasteiger partial charge in [0.2, 0.25) is 0 Å². The number of nitrogens with zero attached hydrogens (tertiary/aromatic N) is 3. The summed E-state index contributed by atoms with van der Waals surface area (Å²) in [7, 11) is 5.57. The number of nitrogens with two attached hydrogens (primary N) is 1. The van der Waals surface area contributed by atoms with Crippen LogP contribution in [-0.2, 0) is 11.3 Å². The first-order chi connectivity index (χ1) is 13.9. The van der Waals surface area contributed by atoms with Gasteiger partial charge in [0.15, 0.2) is 0 Å². The molecule has 7 heteroatoms. The van der Waals surface area contributed by atoms with Crippen LogP contribution in [0.1, 0.15) is 25.3 Å². The zero-order valence-electron chi connectivity index (χ0n) is 17.9. The molecule has 0 spiro atoms. The number of carbonyl (C=O) groups is 1. The number of carbonyl (C=O) groups excluding carboxylic acids is 1. The molecular formula is C22H33N5O2. The Kier molecular flexibility index (Phi) is 8.12. The van der Waals surface area contributed by atoms with Gasteiger partial charge in [0.1, 0.15) is 12.4 Å². The van der Waals surface area contributed by atoms with E-state index in [1.165, 1.54) is 0 Å². The maximum absolute atomic E-state index is 12.5. The van der Waals surface area contributed by atoms with Crippen molar-refractivity contribution in [2.75, 3.05) is 34.2 Å². The van der Waals surface area contributed by atoms with E-state index in [1.807, 2.05) is 61.6 Å². The monoisotopic (exact) mass is 399 g/mol. The summed E-state index contributed by atoms with van der Waals surface area (Å²) < 4.78 is 5.51. The Morgan fingerprint density at radius 1 is 1.41 bits per heavy atom. The number of aliphatic imine (C=N–C) groups is 1. The number of ether oxygens (including phenoxy) is 1. The minimum Gasteiger partial charge on any atom is -0.445 e. The van der Waals surface area contributed by atoms with E-state index < -0.39 is 0 Å². The lowest BCUT2D eigenvalue weighted by Crippen LogP contribution is -2.61. The van der Waals surface area contributed by atoms with Gasteiger partial charge in [-0.2, -0.15) is 0 Å². The predicted octanol–water partition coefficient (Wildman–Crippen LogP) is 2.71. The van der Waals surface area contributed by atoms with Crippen LogP contribution in [0.5, 0.6) is 0 Å². The highest BCUT2D eigenvalue weighted by molar-refractivity contribution is 6.00. The highest BCUT2D eigenvalue weighted by Crippen LogP contribution is 2.34. The molecule has 1 aliphatic heterocycles. The molecule has 1 atom stereocenters. The lowest BCUT2D eigenvalue weighted by Gasteiger charge is -2.50. The van der Waals surface area contributed by atoms with Crippen molar-refractivity contribution >= 4 is 11.9 Å². The van der Waals surface area contributed by atoms with E-state index in [2.05, 4.69) is 22.1 Å². The summed E-state index contributed by atoms with van der Waals surface area (Å²) in [6.45, 7) is 3.87. The largest absolute Gasteiger partial charge is 0.445 e. The molecule has 1 amide bonds. The van der Waals surface area contributed by atoms with Crippen molar-refractivity contribution in [3.05, 3.63) is 59.9 Å². The molecule has 0 bridgehead atoms. The van der Waals surface area contributed by atoms with E-state index in [4.69, 9.17) is 10.5 Å². The van der Waals surface area contributed by atoms with Gasteiger partial charge in [-0.05, 0) is 37.6 Å². The van der Waals surface area contributed by atoms with Crippen LogP contribution in [0.15, 0.2) is 59.4 Å². The number of amidine groups is 1.